The van der Waals surface area contributed by atoms with Crippen LogP contribution < -0.4 is 5.32 Å². The van der Waals surface area contributed by atoms with E-state index in [1.165, 1.54) is 0 Å². The van der Waals surface area contributed by atoms with Gasteiger partial charge in [-0.15, -0.1) is 10.2 Å². The van der Waals surface area contributed by atoms with Crippen LogP contribution in [-0.2, 0) is 16.1 Å². The molecule has 3 fully saturated rings. The van der Waals surface area contributed by atoms with Gasteiger partial charge in [0.15, 0.2) is 0 Å². The second-order valence-corrected chi connectivity index (χ2v) is 8.92. The summed E-state index contributed by atoms with van der Waals surface area (Å²) in [7, 11) is 0. The quantitative estimate of drug-likeness (QED) is 0.792. The monoisotopic (exact) mass is 423 g/mol. The van der Waals surface area contributed by atoms with Crippen LogP contribution in [0.5, 0.6) is 0 Å². The Morgan fingerprint density at radius 3 is 2.81 bits per heavy atom. The van der Waals surface area contributed by atoms with Gasteiger partial charge in [-0.1, -0.05) is 18.2 Å². The predicted octanol–water partition coefficient (Wildman–Crippen LogP) is 2.07. The number of aromatic nitrogens is 2. The molecule has 0 unspecified atom stereocenters. The maximum atomic E-state index is 13.0. The van der Waals surface area contributed by atoms with Gasteiger partial charge in [-0.05, 0) is 44.2 Å². The third kappa shape index (κ3) is 3.84. The molecule has 5 rings (SSSR count). The van der Waals surface area contributed by atoms with Crippen LogP contribution in [0, 0.1) is 11.8 Å². The lowest BCUT2D eigenvalue weighted by molar-refractivity contribution is -0.160. The maximum Gasteiger partial charge on any atom is 0.247 e. The van der Waals surface area contributed by atoms with Crippen LogP contribution in [0.4, 0.5) is 0 Å². The van der Waals surface area contributed by atoms with E-state index in [-0.39, 0.29) is 29.8 Å². The molecule has 4 atom stereocenters. The lowest BCUT2D eigenvalue weighted by Crippen LogP contribution is -2.68. The van der Waals surface area contributed by atoms with Gasteiger partial charge in [-0.2, -0.15) is 0 Å². The summed E-state index contributed by atoms with van der Waals surface area (Å²) >= 11 is 0. The molecular weight excluding hydrogens is 394 g/mol. The molecule has 2 bridgehead atoms. The largest absolute Gasteiger partial charge is 0.419 e. The first kappa shape index (κ1) is 20.2. The van der Waals surface area contributed by atoms with Crippen molar-refractivity contribution < 1.29 is 14.0 Å². The Labute approximate surface area is 182 Å². The van der Waals surface area contributed by atoms with Gasteiger partial charge in [-0.3, -0.25) is 14.5 Å². The van der Waals surface area contributed by atoms with E-state index in [0.29, 0.717) is 37.2 Å². The average molecular weight is 424 g/mol. The highest BCUT2D eigenvalue weighted by molar-refractivity contribution is 5.89. The zero-order chi connectivity index (χ0) is 21.4. The van der Waals surface area contributed by atoms with Crippen LogP contribution in [0.15, 0.2) is 34.7 Å². The number of hydrogen-bond acceptors (Lipinski definition) is 6. The Balaban J connectivity index is 1.35. The van der Waals surface area contributed by atoms with E-state index in [0.717, 1.165) is 37.9 Å². The number of amides is 2. The first-order chi connectivity index (χ1) is 15.1. The van der Waals surface area contributed by atoms with Gasteiger partial charge in [-0.25, -0.2) is 0 Å². The lowest BCUT2D eigenvalue weighted by atomic mass is 9.71. The van der Waals surface area contributed by atoms with Gasteiger partial charge in [0.05, 0.1) is 6.54 Å². The van der Waals surface area contributed by atoms with Crippen molar-refractivity contribution in [2.75, 3.05) is 19.6 Å². The van der Waals surface area contributed by atoms with Crippen molar-refractivity contribution >= 4 is 11.8 Å². The Kier molecular flexibility index (Phi) is 5.48. The highest BCUT2D eigenvalue weighted by Crippen LogP contribution is 2.42. The molecule has 3 aliphatic rings. The van der Waals surface area contributed by atoms with Crippen molar-refractivity contribution in [3.8, 4) is 11.5 Å². The van der Waals surface area contributed by atoms with Crippen LogP contribution in [0.1, 0.15) is 38.5 Å². The topological polar surface area (TPSA) is 91.6 Å². The standard InChI is InChI=1S/C23H29N5O3/c1-2-24-22(30)21-17-11-16(18-9-6-10-20(29)28(18)21)12-27(13-17)14-19-25-26-23(31-19)15-7-4-3-5-8-15/h3-5,7-8,16-18,21H,2,6,9-14H2,1H3,(H,24,30)/t16-,17+,18-,21+/m0/s1. The Morgan fingerprint density at radius 2 is 2.00 bits per heavy atom. The van der Waals surface area contributed by atoms with Gasteiger partial charge in [0.2, 0.25) is 23.6 Å². The Morgan fingerprint density at radius 1 is 1.19 bits per heavy atom. The molecule has 8 nitrogen and oxygen atoms in total. The van der Waals surface area contributed by atoms with E-state index in [1.54, 1.807) is 0 Å². The number of likely N-dealkylation sites (N-methyl/N-ethyl adjacent to an activating group) is 1. The van der Waals surface area contributed by atoms with Crippen molar-refractivity contribution in [3.63, 3.8) is 0 Å². The predicted molar refractivity (Wildman–Crippen MR) is 114 cm³/mol. The summed E-state index contributed by atoms with van der Waals surface area (Å²) in [5, 5.41) is 11.4. The number of rotatable bonds is 5. The van der Waals surface area contributed by atoms with Crippen molar-refractivity contribution in [1.82, 2.24) is 25.3 Å². The molecule has 1 N–H and O–H groups in total. The fourth-order valence-corrected chi connectivity index (χ4v) is 5.70. The molecule has 3 aliphatic heterocycles. The third-order valence-corrected chi connectivity index (χ3v) is 6.88. The van der Waals surface area contributed by atoms with Gasteiger partial charge in [0.25, 0.3) is 0 Å². The van der Waals surface area contributed by atoms with Crippen LogP contribution in [-0.4, -0.2) is 63.5 Å². The third-order valence-electron chi connectivity index (χ3n) is 6.88. The van der Waals surface area contributed by atoms with Crippen molar-refractivity contribution in [2.24, 2.45) is 11.8 Å². The van der Waals surface area contributed by atoms with Crippen LogP contribution in [0.25, 0.3) is 11.5 Å². The molecule has 4 heterocycles. The molecule has 2 amide bonds. The van der Waals surface area contributed by atoms with Gasteiger partial charge in [0.1, 0.15) is 6.04 Å². The molecule has 8 heteroatoms. The van der Waals surface area contributed by atoms with Crippen molar-refractivity contribution in [2.45, 2.75) is 51.2 Å². The smallest absolute Gasteiger partial charge is 0.247 e. The van der Waals surface area contributed by atoms with E-state index < -0.39 is 0 Å². The first-order valence-corrected chi connectivity index (χ1v) is 11.3. The van der Waals surface area contributed by atoms with Crippen molar-refractivity contribution in [1.29, 1.82) is 0 Å². The molecule has 0 aliphatic carbocycles. The molecular formula is C23H29N5O3. The van der Waals surface area contributed by atoms with Crippen LogP contribution in [0.3, 0.4) is 0 Å². The zero-order valence-electron chi connectivity index (χ0n) is 17.9. The number of likely N-dealkylation sites (tertiary alicyclic amines) is 1. The first-order valence-electron chi connectivity index (χ1n) is 11.3. The minimum atomic E-state index is -0.376. The molecule has 0 radical (unpaired) electrons. The highest BCUT2D eigenvalue weighted by atomic mass is 16.4. The molecule has 31 heavy (non-hydrogen) atoms. The number of nitrogens with one attached hydrogen (secondary N) is 1. The molecule has 0 saturated carbocycles. The Hall–Kier alpha value is -2.74. The highest BCUT2D eigenvalue weighted by Gasteiger charge is 2.51. The second kappa shape index (κ2) is 8.42. The molecule has 164 valence electrons. The minimum Gasteiger partial charge on any atom is -0.419 e. The maximum absolute atomic E-state index is 13.0. The summed E-state index contributed by atoms with van der Waals surface area (Å²) in [5.74, 6) is 1.74. The summed E-state index contributed by atoms with van der Waals surface area (Å²) in [6.45, 7) is 4.70. The number of carbonyl (C=O) groups excluding carboxylic acids is 2. The van der Waals surface area contributed by atoms with Crippen molar-refractivity contribution in [3.05, 3.63) is 36.2 Å². The van der Waals surface area contributed by atoms with Gasteiger partial charge >= 0.3 is 0 Å². The SMILES string of the molecule is CCNC(=O)[C@H]1[C@@H]2C[C@@H](CN(Cc3nnc(-c4ccccc4)o3)C2)[C@@H]2CCCC(=O)N21. The number of benzene rings is 1. The second-order valence-electron chi connectivity index (χ2n) is 8.92. The number of piperidine rings is 3. The van der Waals surface area contributed by atoms with Crippen LogP contribution in [0.2, 0.25) is 0 Å². The van der Waals surface area contributed by atoms with E-state index in [2.05, 4.69) is 20.4 Å². The summed E-state index contributed by atoms with van der Waals surface area (Å²) < 4.78 is 5.92. The Bertz CT molecular complexity index is 946. The van der Waals surface area contributed by atoms with Gasteiger partial charge in [0, 0.05) is 43.6 Å². The molecule has 3 saturated heterocycles. The number of carbonyl (C=O) groups is 2. The molecule has 1 aromatic carbocycles. The van der Waals surface area contributed by atoms with E-state index in [1.807, 2.05) is 42.2 Å². The number of nitrogens with zero attached hydrogens (tertiary/aromatic N) is 4. The molecule has 1 aromatic heterocycles. The minimum absolute atomic E-state index is 0.0165. The van der Waals surface area contributed by atoms with Gasteiger partial charge < -0.3 is 14.6 Å². The average Bonchev–Trinajstić information content (AvgIpc) is 3.24. The van der Waals surface area contributed by atoms with E-state index >= 15 is 0 Å². The number of hydrogen-bond donors (Lipinski definition) is 1. The summed E-state index contributed by atoms with van der Waals surface area (Å²) in [6, 6.07) is 9.53. The van der Waals surface area contributed by atoms with E-state index in [9.17, 15) is 9.59 Å². The normalized spacial score (nSPS) is 28.3. The number of fused-ring (bicyclic) bond motifs is 4. The zero-order valence-corrected chi connectivity index (χ0v) is 17.9. The molecule has 2 aromatic rings. The fourth-order valence-electron chi connectivity index (χ4n) is 5.70. The van der Waals surface area contributed by atoms with E-state index in [4.69, 9.17) is 4.42 Å². The summed E-state index contributed by atoms with van der Waals surface area (Å²) in [5.41, 5.74) is 0.907. The summed E-state index contributed by atoms with van der Waals surface area (Å²) in [6.07, 6.45) is 3.44. The van der Waals surface area contributed by atoms with Crippen LogP contribution >= 0.6 is 0 Å². The lowest BCUT2D eigenvalue weighted by Gasteiger charge is -2.55. The summed E-state index contributed by atoms with van der Waals surface area (Å²) in [4.78, 5) is 30.0. The fraction of sp³-hybridized carbons (Fsp3) is 0.565. The molecule has 0 spiro atoms.